The first kappa shape index (κ1) is 18.4. The van der Waals surface area contributed by atoms with E-state index in [0.717, 1.165) is 0 Å². The number of benzene rings is 1. The third kappa shape index (κ3) is 5.00. The van der Waals surface area contributed by atoms with E-state index in [4.69, 9.17) is 9.84 Å². The summed E-state index contributed by atoms with van der Waals surface area (Å²) in [5.41, 5.74) is -0.483. The van der Waals surface area contributed by atoms with Crippen molar-refractivity contribution in [2.24, 2.45) is 5.92 Å². The minimum atomic E-state index is -0.962. The molecule has 0 aliphatic rings. The lowest BCUT2D eigenvalue weighted by molar-refractivity contribution is -0.138. The van der Waals surface area contributed by atoms with Crippen LogP contribution in [-0.2, 0) is 4.79 Å². The number of hydrogen-bond acceptors (Lipinski definition) is 5. The molecule has 2 rings (SSSR count). The fourth-order valence-electron chi connectivity index (χ4n) is 2.20. The van der Waals surface area contributed by atoms with Crippen LogP contribution < -0.4 is 10.1 Å². The Balaban J connectivity index is 2.16. The van der Waals surface area contributed by atoms with Gasteiger partial charge in [0.05, 0.1) is 18.2 Å². The van der Waals surface area contributed by atoms with Gasteiger partial charge in [0.1, 0.15) is 5.75 Å². The molecule has 7 heteroatoms. The summed E-state index contributed by atoms with van der Waals surface area (Å²) in [4.78, 5) is 31.6. The van der Waals surface area contributed by atoms with E-state index in [1.165, 1.54) is 18.6 Å². The lowest BCUT2D eigenvalue weighted by atomic mass is 9.85. The Labute approximate surface area is 146 Å². The van der Waals surface area contributed by atoms with E-state index in [9.17, 15) is 9.59 Å². The van der Waals surface area contributed by atoms with Crippen molar-refractivity contribution >= 4 is 11.9 Å². The summed E-state index contributed by atoms with van der Waals surface area (Å²) < 4.78 is 5.56. The summed E-state index contributed by atoms with van der Waals surface area (Å²) in [6.07, 6.45) is 4.35. The number of nitrogens with zero attached hydrogens (tertiary/aromatic N) is 2. The van der Waals surface area contributed by atoms with E-state index < -0.39 is 11.5 Å². The van der Waals surface area contributed by atoms with E-state index in [1.807, 2.05) is 13.8 Å². The number of rotatable bonds is 7. The molecule has 0 fully saturated rings. The Hall–Kier alpha value is -2.96. The predicted octanol–water partition coefficient (Wildman–Crippen LogP) is 2.89. The summed E-state index contributed by atoms with van der Waals surface area (Å²) in [5, 5.41) is 11.9. The summed E-state index contributed by atoms with van der Waals surface area (Å²) in [7, 11) is 0. The number of carbonyl (C=O) groups is 2. The van der Waals surface area contributed by atoms with Gasteiger partial charge in [-0.2, -0.15) is 0 Å². The number of carboxylic acid groups (broad SMARTS) is 1. The second-order valence-electron chi connectivity index (χ2n) is 6.27. The Morgan fingerprint density at radius 1 is 1.32 bits per heavy atom. The first-order chi connectivity index (χ1) is 11.8. The van der Waals surface area contributed by atoms with E-state index in [0.29, 0.717) is 17.2 Å². The summed E-state index contributed by atoms with van der Waals surface area (Å²) in [6.45, 7) is 5.47. The molecule has 7 nitrogen and oxygen atoms in total. The Morgan fingerprint density at radius 2 is 2.08 bits per heavy atom. The Kier molecular flexibility index (Phi) is 5.69. The van der Waals surface area contributed by atoms with Crippen molar-refractivity contribution in [2.75, 3.05) is 0 Å². The Morgan fingerprint density at radius 3 is 2.68 bits per heavy atom. The molecule has 0 radical (unpaired) electrons. The van der Waals surface area contributed by atoms with Crippen molar-refractivity contribution in [2.45, 2.75) is 32.7 Å². The number of carboxylic acids is 1. The first-order valence-electron chi connectivity index (χ1n) is 7.88. The van der Waals surface area contributed by atoms with Crippen molar-refractivity contribution in [3.05, 3.63) is 48.4 Å². The van der Waals surface area contributed by atoms with Gasteiger partial charge in [-0.25, -0.2) is 4.98 Å². The molecule has 1 aromatic heterocycles. The number of carbonyl (C=O) groups excluding carboxylic acids is 1. The molecule has 0 bridgehead atoms. The highest BCUT2D eigenvalue weighted by atomic mass is 16.5. The second kappa shape index (κ2) is 7.74. The molecule has 132 valence electrons. The van der Waals surface area contributed by atoms with Crippen LogP contribution in [0.1, 0.15) is 37.6 Å². The molecule has 0 saturated carbocycles. The third-order valence-corrected chi connectivity index (χ3v) is 4.05. The zero-order valence-electron chi connectivity index (χ0n) is 14.4. The van der Waals surface area contributed by atoms with E-state index in [1.54, 1.807) is 31.2 Å². The number of ether oxygens (including phenoxy) is 1. The van der Waals surface area contributed by atoms with Gasteiger partial charge in [0.2, 0.25) is 5.88 Å². The number of amides is 1. The van der Waals surface area contributed by atoms with Gasteiger partial charge in [-0.05, 0) is 31.0 Å². The zero-order chi connectivity index (χ0) is 18.4. The maximum Gasteiger partial charge on any atom is 0.305 e. The lowest BCUT2D eigenvalue weighted by Crippen LogP contribution is -2.51. The summed E-state index contributed by atoms with van der Waals surface area (Å²) in [5.74, 6) is -0.611. The average Bonchev–Trinajstić information content (AvgIpc) is 2.55. The van der Waals surface area contributed by atoms with Crippen molar-refractivity contribution in [3.8, 4) is 11.6 Å². The molecule has 1 amide bonds. The van der Waals surface area contributed by atoms with Gasteiger partial charge in [-0.1, -0.05) is 19.9 Å². The van der Waals surface area contributed by atoms with Crippen LogP contribution in [0.25, 0.3) is 0 Å². The molecule has 0 aliphatic carbocycles. The lowest BCUT2D eigenvalue weighted by Gasteiger charge is -2.33. The van der Waals surface area contributed by atoms with Gasteiger partial charge < -0.3 is 15.2 Å². The third-order valence-electron chi connectivity index (χ3n) is 4.05. The Bertz CT molecular complexity index is 749. The smallest absolute Gasteiger partial charge is 0.305 e. The van der Waals surface area contributed by atoms with Crippen LogP contribution in [0.3, 0.4) is 0 Å². The topological polar surface area (TPSA) is 101 Å². The van der Waals surface area contributed by atoms with E-state index in [-0.39, 0.29) is 18.2 Å². The molecule has 2 N–H and O–H groups in total. The van der Waals surface area contributed by atoms with Gasteiger partial charge >= 0.3 is 5.97 Å². The molecular weight excluding hydrogens is 322 g/mol. The van der Waals surface area contributed by atoms with Crippen molar-refractivity contribution in [1.29, 1.82) is 0 Å². The average molecular weight is 343 g/mol. The number of aliphatic carboxylic acids is 1. The van der Waals surface area contributed by atoms with Crippen LogP contribution in [0.5, 0.6) is 11.6 Å². The summed E-state index contributed by atoms with van der Waals surface area (Å²) >= 11 is 0. The highest BCUT2D eigenvalue weighted by molar-refractivity contribution is 5.95. The molecule has 0 saturated heterocycles. The van der Waals surface area contributed by atoms with Crippen molar-refractivity contribution in [3.63, 3.8) is 0 Å². The normalized spacial score (nSPS) is 13.1. The van der Waals surface area contributed by atoms with Crippen LogP contribution in [0.15, 0.2) is 42.9 Å². The van der Waals surface area contributed by atoms with Crippen LogP contribution in [-0.4, -0.2) is 32.5 Å². The van der Waals surface area contributed by atoms with Crippen LogP contribution in [0, 0.1) is 5.92 Å². The van der Waals surface area contributed by atoms with E-state index in [2.05, 4.69) is 15.3 Å². The quantitative estimate of drug-likeness (QED) is 0.801. The minimum absolute atomic E-state index is 0.0495. The molecule has 0 aliphatic heterocycles. The fourth-order valence-corrected chi connectivity index (χ4v) is 2.20. The molecule has 1 unspecified atom stereocenters. The molecule has 0 spiro atoms. The second-order valence-corrected chi connectivity index (χ2v) is 6.27. The minimum Gasteiger partial charge on any atom is -0.481 e. The van der Waals surface area contributed by atoms with Gasteiger partial charge in [0, 0.05) is 18.0 Å². The highest BCUT2D eigenvalue weighted by Gasteiger charge is 2.33. The highest BCUT2D eigenvalue weighted by Crippen LogP contribution is 2.23. The molecule has 1 atom stereocenters. The molecule has 2 aromatic rings. The molecular formula is C18H21N3O4. The zero-order valence-corrected chi connectivity index (χ0v) is 14.4. The van der Waals surface area contributed by atoms with Crippen LogP contribution in [0.2, 0.25) is 0 Å². The largest absolute Gasteiger partial charge is 0.481 e. The predicted molar refractivity (Wildman–Crippen MR) is 91.5 cm³/mol. The van der Waals surface area contributed by atoms with Crippen molar-refractivity contribution in [1.82, 2.24) is 15.3 Å². The number of nitrogens with one attached hydrogen (secondary N) is 1. The number of aromatic nitrogens is 2. The van der Waals surface area contributed by atoms with Crippen molar-refractivity contribution < 1.29 is 19.4 Å². The fraction of sp³-hybridized carbons (Fsp3) is 0.333. The van der Waals surface area contributed by atoms with Gasteiger partial charge in [-0.15, -0.1) is 0 Å². The monoisotopic (exact) mass is 343 g/mol. The maximum absolute atomic E-state index is 12.6. The first-order valence-corrected chi connectivity index (χ1v) is 7.88. The molecule has 25 heavy (non-hydrogen) atoms. The maximum atomic E-state index is 12.6. The van der Waals surface area contributed by atoms with Crippen LogP contribution >= 0.6 is 0 Å². The molecule has 1 heterocycles. The summed E-state index contributed by atoms with van der Waals surface area (Å²) in [6, 6.07) is 6.60. The van der Waals surface area contributed by atoms with Gasteiger partial charge in [0.25, 0.3) is 5.91 Å². The van der Waals surface area contributed by atoms with Crippen LogP contribution in [0.4, 0.5) is 0 Å². The molecule has 1 aromatic carbocycles. The van der Waals surface area contributed by atoms with E-state index >= 15 is 0 Å². The van der Waals surface area contributed by atoms with Gasteiger partial charge in [0.15, 0.2) is 0 Å². The van der Waals surface area contributed by atoms with Gasteiger partial charge in [-0.3, -0.25) is 14.6 Å². The SMILES string of the molecule is CC(C)C(C)(CC(=O)O)NC(=O)c1cccc(Oc2cnccn2)c1. The number of hydrogen-bond donors (Lipinski definition) is 2. The standard InChI is InChI=1S/C18H21N3O4/c1-12(2)18(3,10-16(22)23)21-17(24)13-5-4-6-14(9-13)25-15-11-19-7-8-20-15/h4-9,11-12H,10H2,1-3H3,(H,21,24)(H,22,23).